The summed E-state index contributed by atoms with van der Waals surface area (Å²) in [5.41, 5.74) is 2.36. The Morgan fingerprint density at radius 1 is 0.966 bits per heavy atom. The molecule has 2 aliphatic rings. The van der Waals surface area contributed by atoms with Gasteiger partial charge in [-0.3, -0.25) is 13.9 Å². The quantitative estimate of drug-likeness (QED) is 0.477. The van der Waals surface area contributed by atoms with E-state index in [1.807, 2.05) is 0 Å². The molecule has 29 heavy (non-hydrogen) atoms. The molecular formula is C22H19N3O3S. The van der Waals surface area contributed by atoms with Gasteiger partial charge >= 0.3 is 0 Å². The smallest absolute Gasteiger partial charge is 0.257 e. The lowest BCUT2D eigenvalue weighted by atomic mass is 9.83. The average Bonchev–Trinajstić information content (AvgIpc) is 3.27. The summed E-state index contributed by atoms with van der Waals surface area (Å²) in [7, 11) is 0. The second kappa shape index (κ2) is 7.24. The number of fused-ring (bicyclic) bond motifs is 2. The lowest BCUT2D eigenvalue weighted by molar-refractivity contribution is 0.0979. The van der Waals surface area contributed by atoms with Crippen LogP contribution >= 0.6 is 11.9 Å². The highest BCUT2D eigenvalue weighted by Gasteiger charge is 2.30. The fraction of sp³-hybridized carbons (Fsp3) is 0.273. The maximum absolute atomic E-state index is 12.9. The summed E-state index contributed by atoms with van der Waals surface area (Å²) in [6.45, 7) is 2.01. The van der Waals surface area contributed by atoms with Gasteiger partial charge in [0.05, 0.1) is 0 Å². The van der Waals surface area contributed by atoms with Crippen molar-refractivity contribution in [2.75, 3.05) is 19.3 Å². The lowest BCUT2D eigenvalue weighted by Gasteiger charge is -2.28. The Hall–Kier alpha value is -2.77. The van der Waals surface area contributed by atoms with E-state index in [9.17, 15) is 9.59 Å². The summed E-state index contributed by atoms with van der Waals surface area (Å²) in [5.74, 6) is 1.10. The number of carbonyl (C=O) groups excluding carboxylic acids is 2. The van der Waals surface area contributed by atoms with E-state index in [4.69, 9.17) is 4.52 Å². The van der Waals surface area contributed by atoms with Crippen LogP contribution in [-0.4, -0.2) is 45.4 Å². The number of rotatable bonds is 3. The van der Waals surface area contributed by atoms with Gasteiger partial charge in [0.1, 0.15) is 0 Å². The van der Waals surface area contributed by atoms with Crippen LogP contribution < -0.4 is 0 Å². The highest BCUT2D eigenvalue weighted by molar-refractivity contribution is 7.96. The molecular weight excluding hydrogens is 386 g/mol. The number of aromatic nitrogens is 2. The molecule has 0 saturated carbocycles. The van der Waals surface area contributed by atoms with Gasteiger partial charge in [0.25, 0.3) is 5.89 Å². The molecule has 1 saturated heterocycles. The first-order valence-electron chi connectivity index (χ1n) is 9.61. The Morgan fingerprint density at radius 3 is 2.31 bits per heavy atom. The topological polar surface area (TPSA) is 76.3 Å². The van der Waals surface area contributed by atoms with E-state index < -0.39 is 0 Å². The minimum Gasteiger partial charge on any atom is -0.334 e. The summed E-state index contributed by atoms with van der Waals surface area (Å²) in [4.78, 5) is 30.3. The van der Waals surface area contributed by atoms with E-state index in [-0.39, 0.29) is 17.5 Å². The predicted molar refractivity (Wildman–Crippen MR) is 110 cm³/mol. The first kappa shape index (κ1) is 18.3. The van der Waals surface area contributed by atoms with Crippen molar-refractivity contribution in [2.45, 2.75) is 18.8 Å². The van der Waals surface area contributed by atoms with Crippen LogP contribution in [0.4, 0.5) is 0 Å². The molecule has 146 valence electrons. The third kappa shape index (κ3) is 3.10. The molecule has 1 aliphatic carbocycles. The average molecular weight is 405 g/mol. The first-order chi connectivity index (χ1) is 14.2. The van der Waals surface area contributed by atoms with Gasteiger partial charge in [-0.05, 0) is 37.3 Å². The highest BCUT2D eigenvalue weighted by atomic mass is 32.2. The van der Waals surface area contributed by atoms with Crippen molar-refractivity contribution in [2.24, 2.45) is 0 Å². The summed E-state index contributed by atoms with van der Waals surface area (Å²) >= 11 is 1.76. The van der Waals surface area contributed by atoms with Crippen molar-refractivity contribution in [3.8, 4) is 11.5 Å². The summed E-state index contributed by atoms with van der Waals surface area (Å²) in [6, 6.07) is 12.1. The fourth-order valence-electron chi connectivity index (χ4n) is 4.05. The van der Waals surface area contributed by atoms with Crippen LogP contribution in [-0.2, 0) is 0 Å². The molecule has 6 nitrogen and oxygen atoms in total. The molecule has 2 heterocycles. The summed E-state index contributed by atoms with van der Waals surface area (Å²) < 4.78 is 7.84. The molecule has 1 aromatic heterocycles. The van der Waals surface area contributed by atoms with Crippen LogP contribution in [0, 0.1) is 0 Å². The van der Waals surface area contributed by atoms with E-state index in [1.165, 1.54) is 0 Å². The zero-order valence-electron chi connectivity index (χ0n) is 15.9. The Labute approximate surface area is 172 Å². The zero-order valence-corrected chi connectivity index (χ0v) is 16.7. The van der Waals surface area contributed by atoms with Gasteiger partial charge in [-0.25, -0.2) is 0 Å². The largest absolute Gasteiger partial charge is 0.334 e. The molecule has 2 aromatic carbocycles. The van der Waals surface area contributed by atoms with Gasteiger partial charge in [0, 0.05) is 46.8 Å². The molecule has 0 N–H and O–H groups in total. The minimum absolute atomic E-state index is 0.131. The third-order valence-corrected chi connectivity index (χ3v) is 6.57. The molecule has 7 heteroatoms. The molecule has 0 amide bonds. The van der Waals surface area contributed by atoms with E-state index in [1.54, 1.807) is 54.4 Å². The van der Waals surface area contributed by atoms with Crippen molar-refractivity contribution < 1.29 is 14.1 Å². The Kier molecular flexibility index (Phi) is 4.56. The van der Waals surface area contributed by atoms with Crippen LogP contribution in [0.5, 0.6) is 0 Å². The molecule has 1 fully saturated rings. The van der Waals surface area contributed by atoms with Crippen molar-refractivity contribution in [3.63, 3.8) is 0 Å². The van der Waals surface area contributed by atoms with E-state index in [0.717, 1.165) is 25.9 Å². The van der Waals surface area contributed by atoms with Gasteiger partial charge in [0.15, 0.2) is 17.4 Å². The maximum Gasteiger partial charge on any atom is 0.257 e. The van der Waals surface area contributed by atoms with Crippen LogP contribution in [0.2, 0.25) is 0 Å². The van der Waals surface area contributed by atoms with Gasteiger partial charge in [-0.15, -0.1) is 0 Å². The van der Waals surface area contributed by atoms with Gasteiger partial charge in [0.2, 0.25) is 0 Å². The van der Waals surface area contributed by atoms with Crippen LogP contribution in [0.25, 0.3) is 11.5 Å². The first-order valence-corrected chi connectivity index (χ1v) is 10.8. The zero-order chi connectivity index (χ0) is 20.0. The number of hydrogen-bond donors (Lipinski definition) is 0. The number of piperidine rings is 1. The van der Waals surface area contributed by atoms with Crippen LogP contribution in [0.1, 0.15) is 56.4 Å². The standard InChI is InChI=1S/C22H19N3O3S/c1-29-25-10-8-13(9-11-25)21-23-22(28-24-21)14-6-7-17-18(12-14)20(27)16-5-3-2-4-15(16)19(17)26/h2-7,12-13H,8-11H2,1H3. The number of hydrogen-bond acceptors (Lipinski definition) is 7. The summed E-state index contributed by atoms with van der Waals surface area (Å²) in [6.07, 6.45) is 4.08. The second-order valence-corrected chi connectivity index (χ2v) is 8.19. The Bertz CT molecular complexity index is 1120. The van der Waals surface area contributed by atoms with E-state index in [0.29, 0.717) is 39.5 Å². The minimum atomic E-state index is -0.152. The van der Waals surface area contributed by atoms with E-state index >= 15 is 0 Å². The van der Waals surface area contributed by atoms with Crippen molar-refractivity contribution in [1.82, 2.24) is 14.4 Å². The second-order valence-electron chi connectivity index (χ2n) is 7.31. The molecule has 3 aromatic rings. The number of ketones is 2. The number of benzene rings is 2. The van der Waals surface area contributed by atoms with Crippen molar-refractivity contribution in [1.29, 1.82) is 0 Å². The monoisotopic (exact) mass is 405 g/mol. The van der Waals surface area contributed by atoms with Gasteiger partial charge < -0.3 is 4.52 Å². The van der Waals surface area contributed by atoms with Gasteiger partial charge in [-0.1, -0.05) is 41.4 Å². The molecule has 0 unspecified atom stereocenters. The van der Waals surface area contributed by atoms with Crippen molar-refractivity contribution in [3.05, 3.63) is 70.5 Å². The molecule has 0 atom stereocenters. The predicted octanol–water partition coefficient (Wildman–Crippen LogP) is 3.97. The number of carbonyl (C=O) groups is 2. The molecule has 1 aliphatic heterocycles. The summed E-state index contributed by atoms with van der Waals surface area (Å²) in [5, 5.41) is 4.19. The van der Waals surface area contributed by atoms with Gasteiger partial charge in [-0.2, -0.15) is 4.98 Å². The highest BCUT2D eigenvalue weighted by Crippen LogP contribution is 2.32. The SMILES string of the molecule is CSN1CCC(c2noc(-c3ccc4c(c3)C(=O)c3ccccc3C4=O)n2)CC1. The maximum atomic E-state index is 12.9. The Morgan fingerprint density at radius 2 is 1.62 bits per heavy atom. The van der Waals surface area contributed by atoms with Crippen molar-refractivity contribution >= 4 is 23.5 Å². The van der Waals surface area contributed by atoms with Crippen LogP contribution in [0.15, 0.2) is 47.0 Å². The third-order valence-electron chi connectivity index (χ3n) is 5.69. The Balaban J connectivity index is 1.45. The molecule has 0 radical (unpaired) electrons. The molecule has 0 bridgehead atoms. The lowest BCUT2D eigenvalue weighted by Crippen LogP contribution is -2.27. The van der Waals surface area contributed by atoms with Crippen LogP contribution in [0.3, 0.4) is 0 Å². The fourth-order valence-corrected chi connectivity index (χ4v) is 4.62. The van der Waals surface area contributed by atoms with E-state index in [2.05, 4.69) is 20.7 Å². The molecule has 0 spiro atoms. The molecule has 5 rings (SSSR count). The number of nitrogens with zero attached hydrogens (tertiary/aromatic N) is 3. The normalized spacial score (nSPS) is 17.3.